The van der Waals surface area contributed by atoms with Crippen LogP contribution in [0.1, 0.15) is 36.9 Å². The first-order valence-corrected chi connectivity index (χ1v) is 8.79. The molecule has 5 nitrogen and oxygen atoms in total. The molecule has 0 radical (unpaired) electrons. The minimum atomic E-state index is -1.31. The number of hydrogen-bond acceptors (Lipinski definition) is 4. The lowest BCUT2D eigenvalue weighted by atomic mass is 9.54. The van der Waals surface area contributed by atoms with Crippen molar-refractivity contribution in [1.82, 2.24) is 5.32 Å². The monoisotopic (exact) mass is 347 g/mol. The number of carbonyl (C=O) groups is 2. The summed E-state index contributed by atoms with van der Waals surface area (Å²) in [6.07, 6.45) is 0.0982. The average Bonchev–Trinajstić information content (AvgIpc) is 2.97. The van der Waals surface area contributed by atoms with Gasteiger partial charge in [0.25, 0.3) is 5.91 Å². The predicted molar refractivity (Wildman–Crippen MR) is 93.5 cm³/mol. The van der Waals surface area contributed by atoms with Crippen molar-refractivity contribution in [3.8, 4) is 0 Å². The molecule has 0 aliphatic heterocycles. The molecule has 1 fully saturated rings. The largest absolute Gasteiger partial charge is 0.479 e. The Morgan fingerprint density at radius 3 is 2.67 bits per heavy atom. The van der Waals surface area contributed by atoms with Gasteiger partial charge in [0, 0.05) is 23.1 Å². The maximum absolute atomic E-state index is 12.7. The van der Waals surface area contributed by atoms with Crippen molar-refractivity contribution in [3.63, 3.8) is 0 Å². The van der Waals surface area contributed by atoms with Crippen LogP contribution in [0.15, 0.2) is 30.3 Å². The molecule has 1 aliphatic rings. The van der Waals surface area contributed by atoms with E-state index in [2.05, 4.69) is 5.32 Å². The molecular weight excluding hydrogens is 326 g/mol. The van der Waals surface area contributed by atoms with Gasteiger partial charge in [-0.2, -0.15) is 0 Å². The van der Waals surface area contributed by atoms with E-state index in [1.165, 1.54) is 11.3 Å². The number of benzene rings is 1. The molecule has 6 heteroatoms. The van der Waals surface area contributed by atoms with Gasteiger partial charge in [-0.25, -0.2) is 4.79 Å². The molecule has 1 saturated carbocycles. The summed E-state index contributed by atoms with van der Waals surface area (Å²) >= 11 is 1.37. The Morgan fingerprint density at radius 2 is 2.08 bits per heavy atom. The second-order valence-corrected chi connectivity index (χ2v) is 7.77. The highest BCUT2D eigenvalue weighted by atomic mass is 32.1. The van der Waals surface area contributed by atoms with E-state index in [1.54, 1.807) is 6.07 Å². The Balaban J connectivity index is 1.87. The number of hydrogen-bond donors (Lipinski definition) is 2. The predicted octanol–water partition coefficient (Wildman–Crippen LogP) is 3.29. The maximum Gasteiger partial charge on any atom is 0.330 e. The van der Waals surface area contributed by atoms with Crippen LogP contribution in [0.2, 0.25) is 0 Å². The fraction of sp³-hybridized carbons (Fsp3) is 0.444. The van der Waals surface area contributed by atoms with Gasteiger partial charge in [0.2, 0.25) is 0 Å². The van der Waals surface area contributed by atoms with Gasteiger partial charge in [-0.15, -0.1) is 11.3 Å². The number of carboxylic acid groups (broad SMARTS) is 1. The van der Waals surface area contributed by atoms with Gasteiger partial charge in [-0.1, -0.05) is 32.0 Å². The minimum absolute atomic E-state index is 0.179. The molecule has 1 aliphatic carbocycles. The Bertz CT molecular complexity index is 764. The molecule has 0 unspecified atom stereocenters. The molecule has 3 rings (SSSR count). The average molecular weight is 347 g/mol. The summed E-state index contributed by atoms with van der Waals surface area (Å²) in [6, 6.07) is 9.52. The summed E-state index contributed by atoms with van der Waals surface area (Å²) in [7, 11) is 0. The quantitative estimate of drug-likeness (QED) is 0.870. The Morgan fingerprint density at radius 1 is 1.38 bits per heavy atom. The van der Waals surface area contributed by atoms with Gasteiger partial charge in [0.05, 0.1) is 11.0 Å². The molecule has 2 aromatic rings. The van der Waals surface area contributed by atoms with Crippen LogP contribution in [0.5, 0.6) is 0 Å². The van der Waals surface area contributed by atoms with Crippen molar-refractivity contribution in [2.75, 3.05) is 6.61 Å². The fourth-order valence-electron chi connectivity index (χ4n) is 3.39. The van der Waals surface area contributed by atoms with Crippen molar-refractivity contribution in [2.45, 2.75) is 38.8 Å². The molecule has 128 valence electrons. The van der Waals surface area contributed by atoms with E-state index in [1.807, 2.05) is 45.0 Å². The van der Waals surface area contributed by atoms with Gasteiger partial charge in [0.15, 0.2) is 0 Å². The minimum Gasteiger partial charge on any atom is -0.479 e. The van der Waals surface area contributed by atoms with Crippen LogP contribution >= 0.6 is 11.3 Å². The summed E-state index contributed by atoms with van der Waals surface area (Å²) in [5.74, 6) is -1.36. The summed E-state index contributed by atoms with van der Waals surface area (Å²) in [5.41, 5.74) is -1.98. The topological polar surface area (TPSA) is 75.6 Å². The van der Waals surface area contributed by atoms with Gasteiger partial charge < -0.3 is 15.2 Å². The van der Waals surface area contributed by atoms with Crippen molar-refractivity contribution >= 4 is 33.3 Å². The van der Waals surface area contributed by atoms with Crippen LogP contribution in [0.4, 0.5) is 0 Å². The SMILES string of the molecule is CCO[C@@H]1C[C@](NC(=O)c2cc3ccccc3s2)(C(=O)O)C1(C)C. The number of fused-ring (bicyclic) bond motifs is 1. The van der Waals surface area contributed by atoms with Gasteiger partial charge in [-0.05, 0) is 24.4 Å². The lowest BCUT2D eigenvalue weighted by Gasteiger charge is -2.58. The zero-order chi connectivity index (χ0) is 17.5. The zero-order valence-electron chi connectivity index (χ0n) is 14.0. The van der Waals surface area contributed by atoms with E-state index in [4.69, 9.17) is 4.74 Å². The number of aliphatic carboxylic acids is 1. The standard InChI is InChI=1S/C18H21NO4S/c1-4-23-14-10-18(16(21)22,17(14,2)3)19-15(20)13-9-11-7-5-6-8-12(11)24-13/h5-9,14H,4,10H2,1-3H3,(H,19,20)(H,21,22)/t14-,18+/m1/s1. The molecule has 1 aromatic heterocycles. The van der Waals surface area contributed by atoms with Crippen molar-refractivity contribution < 1.29 is 19.4 Å². The van der Waals surface area contributed by atoms with Crippen LogP contribution in [-0.2, 0) is 9.53 Å². The number of ether oxygens (including phenoxy) is 1. The molecule has 2 N–H and O–H groups in total. The number of nitrogens with one attached hydrogen (secondary N) is 1. The molecule has 24 heavy (non-hydrogen) atoms. The lowest BCUT2D eigenvalue weighted by molar-refractivity contribution is -0.190. The van der Waals surface area contributed by atoms with E-state index in [-0.39, 0.29) is 18.4 Å². The highest BCUT2D eigenvalue weighted by Gasteiger charge is 2.66. The highest BCUT2D eigenvalue weighted by Crippen LogP contribution is 2.51. The van der Waals surface area contributed by atoms with E-state index in [0.29, 0.717) is 11.5 Å². The van der Waals surface area contributed by atoms with Crippen molar-refractivity contribution in [2.24, 2.45) is 5.41 Å². The van der Waals surface area contributed by atoms with E-state index in [0.717, 1.165) is 10.1 Å². The third-order valence-corrected chi connectivity index (χ3v) is 6.22. The van der Waals surface area contributed by atoms with Crippen LogP contribution in [0, 0.1) is 5.41 Å². The molecule has 1 heterocycles. The van der Waals surface area contributed by atoms with Crippen LogP contribution < -0.4 is 5.32 Å². The Hall–Kier alpha value is -1.92. The third-order valence-electron chi connectivity index (χ3n) is 5.11. The lowest BCUT2D eigenvalue weighted by Crippen LogP contribution is -2.76. The Labute approximate surface area is 144 Å². The second-order valence-electron chi connectivity index (χ2n) is 6.68. The van der Waals surface area contributed by atoms with Crippen molar-refractivity contribution in [1.29, 1.82) is 0 Å². The van der Waals surface area contributed by atoms with Gasteiger partial charge in [-0.3, -0.25) is 4.79 Å². The summed E-state index contributed by atoms with van der Waals surface area (Å²) in [6.45, 7) is 6.06. The van der Waals surface area contributed by atoms with Crippen LogP contribution in [-0.4, -0.2) is 35.2 Å². The molecular formula is C18H21NO4S. The summed E-state index contributed by atoms with van der Waals surface area (Å²) in [4.78, 5) is 25.1. The molecule has 1 amide bonds. The van der Waals surface area contributed by atoms with E-state index in [9.17, 15) is 14.7 Å². The summed E-state index contributed by atoms with van der Waals surface area (Å²) in [5, 5.41) is 13.5. The summed E-state index contributed by atoms with van der Waals surface area (Å²) < 4.78 is 6.63. The first-order chi connectivity index (χ1) is 11.3. The first kappa shape index (κ1) is 16.9. The molecule has 0 saturated heterocycles. The molecule has 2 atom stereocenters. The van der Waals surface area contributed by atoms with Crippen molar-refractivity contribution in [3.05, 3.63) is 35.2 Å². The number of carbonyl (C=O) groups excluding carboxylic acids is 1. The molecule has 1 aromatic carbocycles. The van der Waals surface area contributed by atoms with Gasteiger partial charge in [0.1, 0.15) is 5.54 Å². The fourth-order valence-corrected chi connectivity index (χ4v) is 4.34. The van der Waals surface area contributed by atoms with E-state index >= 15 is 0 Å². The second kappa shape index (κ2) is 5.86. The van der Waals surface area contributed by atoms with E-state index < -0.39 is 16.9 Å². The third kappa shape index (κ3) is 2.41. The first-order valence-electron chi connectivity index (χ1n) is 7.98. The zero-order valence-corrected chi connectivity index (χ0v) is 14.8. The van der Waals surface area contributed by atoms with Crippen LogP contribution in [0.3, 0.4) is 0 Å². The number of carboxylic acids is 1. The highest BCUT2D eigenvalue weighted by molar-refractivity contribution is 7.20. The smallest absolute Gasteiger partial charge is 0.330 e. The molecule has 0 spiro atoms. The number of amides is 1. The van der Waals surface area contributed by atoms with Gasteiger partial charge >= 0.3 is 5.97 Å². The number of rotatable bonds is 5. The number of thiophene rings is 1. The van der Waals surface area contributed by atoms with Crippen LogP contribution in [0.25, 0.3) is 10.1 Å². The Kier molecular flexibility index (Phi) is 4.13. The molecule has 0 bridgehead atoms. The normalized spacial score (nSPS) is 25.2. The maximum atomic E-state index is 12.7.